The highest BCUT2D eigenvalue weighted by Gasteiger charge is 2.31. The molecule has 0 spiro atoms. The summed E-state index contributed by atoms with van der Waals surface area (Å²) in [7, 11) is 0. The number of halogens is 3. The van der Waals surface area contributed by atoms with E-state index in [1.807, 2.05) is 13.8 Å². The zero-order chi connectivity index (χ0) is 17.6. The topological polar surface area (TPSA) is 64.6 Å². The molecule has 0 unspecified atom stereocenters. The lowest BCUT2D eigenvalue weighted by molar-refractivity contribution is -0.115. The number of carbonyl (C=O) groups is 2. The number of amides is 1. The van der Waals surface area contributed by atoms with Crippen LogP contribution in [0.4, 0.5) is 5.69 Å². The third-order valence-electron chi connectivity index (χ3n) is 2.89. The SMILES string of the molecule is CCOC(=O)c1cc(NC(=O)C(Cl)(Cl)Cl)ccc1O[C@@H](C)CC. The van der Waals surface area contributed by atoms with Gasteiger partial charge in [0.05, 0.1) is 12.7 Å². The Kier molecular flexibility index (Phi) is 7.45. The third-order valence-corrected chi connectivity index (χ3v) is 3.41. The summed E-state index contributed by atoms with van der Waals surface area (Å²) in [6, 6.07) is 4.53. The van der Waals surface area contributed by atoms with Gasteiger partial charge in [0.25, 0.3) is 9.70 Å². The van der Waals surface area contributed by atoms with Crippen molar-refractivity contribution in [2.75, 3.05) is 11.9 Å². The third kappa shape index (κ3) is 6.09. The first kappa shape index (κ1) is 19.9. The number of carbonyl (C=O) groups excluding carboxylic acids is 2. The molecule has 0 aliphatic rings. The molecule has 1 N–H and O–H groups in total. The minimum absolute atomic E-state index is 0.0789. The maximum atomic E-state index is 12.1. The molecule has 1 amide bonds. The monoisotopic (exact) mass is 381 g/mol. The van der Waals surface area contributed by atoms with E-state index in [9.17, 15) is 9.59 Å². The van der Waals surface area contributed by atoms with Crippen LogP contribution in [0.15, 0.2) is 18.2 Å². The number of anilines is 1. The maximum Gasteiger partial charge on any atom is 0.341 e. The molecule has 128 valence electrons. The van der Waals surface area contributed by atoms with Gasteiger partial charge in [-0.15, -0.1) is 0 Å². The quantitative estimate of drug-likeness (QED) is 0.587. The molecule has 0 bridgehead atoms. The summed E-state index contributed by atoms with van der Waals surface area (Å²) < 4.78 is 8.60. The molecule has 8 heteroatoms. The average molecular weight is 383 g/mol. The molecule has 1 aromatic carbocycles. The number of rotatable bonds is 6. The molecule has 0 radical (unpaired) electrons. The molecule has 23 heavy (non-hydrogen) atoms. The molecular weight excluding hydrogens is 365 g/mol. The fraction of sp³-hybridized carbons (Fsp3) is 0.467. The van der Waals surface area contributed by atoms with Crippen LogP contribution in [0.3, 0.4) is 0 Å². The first-order chi connectivity index (χ1) is 10.7. The Balaban J connectivity index is 3.11. The number of alkyl halides is 3. The van der Waals surface area contributed by atoms with Crippen molar-refractivity contribution in [2.24, 2.45) is 0 Å². The van der Waals surface area contributed by atoms with Gasteiger partial charge in [0.2, 0.25) is 0 Å². The normalized spacial score (nSPS) is 12.4. The molecule has 0 aromatic heterocycles. The number of nitrogens with one attached hydrogen (secondary N) is 1. The zero-order valence-corrected chi connectivity index (χ0v) is 15.3. The smallest absolute Gasteiger partial charge is 0.341 e. The van der Waals surface area contributed by atoms with Crippen LogP contribution in [0, 0.1) is 0 Å². The molecule has 1 rings (SSSR count). The second-order valence-corrected chi connectivity index (χ2v) is 7.00. The molecular formula is C15H18Cl3NO4. The first-order valence-electron chi connectivity index (χ1n) is 7.05. The maximum absolute atomic E-state index is 12.1. The number of benzene rings is 1. The van der Waals surface area contributed by atoms with Gasteiger partial charge in [0, 0.05) is 5.69 Å². The van der Waals surface area contributed by atoms with Gasteiger partial charge in [-0.3, -0.25) is 4.79 Å². The summed E-state index contributed by atoms with van der Waals surface area (Å²) in [5.74, 6) is -1.02. The Morgan fingerprint density at radius 2 is 1.91 bits per heavy atom. The van der Waals surface area contributed by atoms with Crippen LogP contribution in [0.1, 0.15) is 37.6 Å². The first-order valence-corrected chi connectivity index (χ1v) is 8.18. The van der Waals surface area contributed by atoms with Crippen LogP contribution in [-0.2, 0) is 9.53 Å². The van der Waals surface area contributed by atoms with Gasteiger partial charge in [0.15, 0.2) is 0 Å². The molecule has 1 atom stereocenters. The fourth-order valence-electron chi connectivity index (χ4n) is 1.58. The summed E-state index contributed by atoms with van der Waals surface area (Å²) >= 11 is 16.5. The van der Waals surface area contributed by atoms with Gasteiger partial charge in [-0.1, -0.05) is 41.7 Å². The Bertz CT molecular complexity index is 572. The lowest BCUT2D eigenvalue weighted by Crippen LogP contribution is -2.27. The minimum Gasteiger partial charge on any atom is -0.490 e. The van der Waals surface area contributed by atoms with E-state index >= 15 is 0 Å². The van der Waals surface area contributed by atoms with E-state index in [-0.39, 0.29) is 18.3 Å². The van der Waals surface area contributed by atoms with Gasteiger partial charge in [-0.2, -0.15) is 0 Å². The highest BCUT2D eigenvalue weighted by Crippen LogP contribution is 2.30. The van der Waals surface area contributed by atoms with Crippen LogP contribution in [0.5, 0.6) is 5.75 Å². The predicted octanol–water partition coefficient (Wildman–Crippen LogP) is 4.35. The van der Waals surface area contributed by atoms with E-state index in [1.165, 1.54) is 6.07 Å². The molecule has 0 aliphatic carbocycles. The summed E-state index contributed by atoms with van der Waals surface area (Å²) in [6.45, 7) is 5.76. The van der Waals surface area contributed by atoms with Crippen molar-refractivity contribution in [3.05, 3.63) is 23.8 Å². The van der Waals surface area contributed by atoms with Crippen molar-refractivity contribution >= 4 is 52.4 Å². The zero-order valence-electron chi connectivity index (χ0n) is 13.0. The average Bonchev–Trinajstić information content (AvgIpc) is 2.47. The van der Waals surface area contributed by atoms with Crippen molar-refractivity contribution in [2.45, 2.75) is 37.1 Å². The van der Waals surface area contributed by atoms with E-state index in [0.717, 1.165) is 6.42 Å². The van der Waals surface area contributed by atoms with Gasteiger partial charge in [-0.05, 0) is 38.5 Å². The van der Waals surface area contributed by atoms with Crippen LogP contribution < -0.4 is 10.1 Å². The van der Waals surface area contributed by atoms with Crippen molar-refractivity contribution in [1.82, 2.24) is 0 Å². The fourth-order valence-corrected chi connectivity index (χ4v) is 1.72. The van der Waals surface area contributed by atoms with Gasteiger partial charge >= 0.3 is 5.97 Å². The number of esters is 1. The second-order valence-electron chi connectivity index (χ2n) is 4.72. The van der Waals surface area contributed by atoms with E-state index in [2.05, 4.69) is 5.32 Å². The van der Waals surface area contributed by atoms with Crippen molar-refractivity contribution in [1.29, 1.82) is 0 Å². The van der Waals surface area contributed by atoms with Gasteiger partial charge in [-0.25, -0.2) is 4.79 Å². The number of hydrogen-bond acceptors (Lipinski definition) is 4. The lowest BCUT2D eigenvalue weighted by atomic mass is 10.1. The van der Waals surface area contributed by atoms with Crippen LogP contribution in [0.25, 0.3) is 0 Å². The number of hydrogen-bond donors (Lipinski definition) is 1. The Hall–Kier alpha value is -1.17. The predicted molar refractivity (Wildman–Crippen MR) is 91.7 cm³/mol. The Labute approximate surface area is 150 Å². The Morgan fingerprint density at radius 3 is 2.43 bits per heavy atom. The summed E-state index contributed by atoms with van der Waals surface area (Å²) in [5.41, 5.74) is 0.482. The van der Waals surface area contributed by atoms with Crippen LogP contribution in [0.2, 0.25) is 0 Å². The van der Waals surface area contributed by atoms with Gasteiger partial charge < -0.3 is 14.8 Å². The summed E-state index contributed by atoms with van der Waals surface area (Å²) in [6.07, 6.45) is 0.693. The standard InChI is InChI=1S/C15H18Cl3NO4/c1-4-9(3)23-12-7-6-10(19-14(21)15(16,17)18)8-11(12)13(20)22-5-2/h6-9H,4-5H2,1-3H3,(H,19,21)/t9-/m0/s1. The van der Waals surface area contributed by atoms with Crippen molar-refractivity contribution < 1.29 is 19.1 Å². The molecule has 5 nitrogen and oxygen atoms in total. The van der Waals surface area contributed by atoms with E-state index < -0.39 is 15.7 Å². The van der Waals surface area contributed by atoms with Crippen molar-refractivity contribution in [3.63, 3.8) is 0 Å². The Morgan fingerprint density at radius 1 is 1.26 bits per heavy atom. The van der Waals surface area contributed by atoms with Crippen LogP contribution >= 0.6 is 34.8 Å². The van der Waals surface area contributed by atoms with Crippen molar-refractivity contribution in [3.8, 4) is 5.75 Å². The molecule has 0 saturated heterocycles. The summed E-state index contributed by atoms with van der Waals surface area (Å²) in [5, 5.41) is 2.42. The highest BCUT2D eigenvalue weighted by molar-refractivity contribution is 6.76. The molecule has 0 fully saturated rings. The lowest BCUT2D eigenvalue weighted by Gasteiger charge is -2.17. The minimum atomic E-state index is -2.10. The van der Waals surface area contributed by atoms with E-state index in [0.29, 0.717) is 11.4 Å². The molecule has 0 saturated carbocycles. The summed E-state index contributed by atoms with van der Waals surface area (Å²) in [4.78, 5) is 23.8. The van der Waals surface area contributed by atoms with E-state index in [4.69, 9.17) is 44.3 Å². The largest absolute Gasteiger partial charge is 0.490 e. The van der Waals surface area contributed by atoms with Gasteiger partial charge in [0.1, 0.15) is 11.3 Å². The molecule has 0 aliphatic heterocycles. The van der Waals surface area contributed by atoms with E-state index in [1.54, 1.807) is 19.1 Å². The molecule has 0 heterocycles. The molecule has 1 aromatic rings. The highest BCUT2D eigenvalue weighted by atomic mass is 35.6. The number of ether oxygens (including phenoxy) is 2. The second kappa shape index (κ2) is 8.62. The van der Waals surface area contributed by atoms with Crippen LogP contribution in [-0.4, -0.2) is 28.4 Å².